The Morgan fingerprint density at radius 2 is 1.33 bits per heavy atom. The van der Waals surface area contributed by atoms with Crippen molar-refractivity contribution in [3.63, 3.8) is 0 Å². The van der Waals surface area contributed by atoms with Gasteiger partial charge in [0.25, 0.3) is 0 Å². The van der Waals surface area contributed by atoms with Gasteiger partial charge in [-0.25, -0.2) is 8.42 Å². The van der Waals surface area contributed by atoms with Gasteiger partial charge in [-0.1, -0.05) is 42.5 Å². The van der Waals surface area contributed by atoms with E-state index in [1.54, 1.807) is 35.6 Å². The molecule has 4 rings (SSSR count). The summed E-state index contributed by atoms with van der Waals surface area (Å²) < 4.78 is 27.8. The number of fused-ring (bicyclic) bond motifs is 3. The van der Waals surface area contributed by atoms with Gasteiger partial charge in [-0.15, -0.1) is 0 Å². The normalized spacial score (nSPS) is 26.2. The van der Waals surface area contributed by atoms with Crippen LogP contribution in [0.2, 0.25) is 0 Å². The molecule has 24 heavy (non-hydrogen) atoms. The molecule has 2 bridgehead atoms. The first-order valence-corrected chi connectivity index (χ1v) is 10.1. The van der Waals surface area contributed by atoms with Crippen LogP contribution >= 0.6 is 0 Å². The fourth-order valence-corrected chi connectivity index (χ4v) is 6.13. The number of benzene rings is 2. The predicted octanol–water partition coefficient (Wildman–Crippen LogP) is 3.50. The zero-order valence-electron chi connectivity index (χ0n) is 13.9. The number of sulfonamides is 1. The molecule has 2 atom stereocenters. The third kappa shape index (κ3) is 2.58. The van der Waals surface area contributed by atoms with Crippen LogP contribution in [0.25, 0.3) is 0 Å². The van der Waals surface area contributed by atoms with Crippen LogP contribution in [0.3, 0.4) is 0 Å². The molecule has 126 valence electrons. The minimum atomic E-state index is -3.43. The third-order valence-electron chi connectivity index (χ3n) is 5.80. The Morgan fingerprint density at radius 3 is 1.88 bits per heavy atom. The van der Waals surface area contributed by atoms with E-state index in [9.17, 15) is 8.42 Å². The highest BCUT2D eigenvalue weighted by atomic mass is 32.2. The summed E-state index contributed by atoms with van der Waals surface area (Å²) in [6.45, 7) is 0. The number of hydrogen-bond donors (Lipinski definition) is 0. The minimum Gasteiger partial charge on any atom is -0.207 e. The lowest BCUT2D eigenvalue weighted by Gasteiger charge is -2.31. The molecule has 1 fully saturated rings. The van der Waals surface area contributed by atoms with Gasteiger partial charge in [-0.05, 0) is 60.8 Å². The van der Waals surface area contributed by atoms with Gasteiger partial charge in [0.1, 0.15) is 0 Å². The monoisotopic (exact) mass is 341 g/mol. The largest absolute Gasteiger partial charge is 0.243 e. The van der Waals surface area contributed by atoms with E-state index in [0.29, 0.717) is 16.7 Å². The minimum absolute atomic E-state index is 0.0996. The molecular weight excluding hydrogens is 318 g/mol. The fourth-order valence-electron chi connectivity index (χ4n) is 4.63. The summed E-state index contributed by atoms with van der Waals surface area (Å²) in [5, 5.41) is 0. The summed E-state index contributed by atoms with van der Waals surface area (Å²) in [6.07, 6.45) is 4.23. The summed E-state index contributed by atoms with van der Waals surface area (Å²) in [7, 11) is -1.66. The van der Waals surface area contributed by atoms with Crippen LogP contribution in [0.4, 0.5) is 0 Å². The van der Waals surface area contributed by atoms with Gasteiger partial charge in [0.15, 0.2) is 0 Å². The molecule has 2 aromatic carbocycles. The SMILES string of the molecule is CN(C1C2CCC1Cc1ccccc1C2)S(=O)(=O)c1ccccc1. The number of nitrogens with zero attached hydrogens (tertiary/aromatic N) is 1. The van der Waals surface area contributed by atoms with Crippen molar-refractivity contribution < 1.29 is 8.42 Å². The molecule has 1 saturated carbocycles. The zero-order chi connectivity index (χ0) is 16.7. The Morgan fingerprint density at radius 1 is 0.833 bits per heavy atom. The van der Waals surface area contributed by atoms with E-state index in [-0.39, 0.29) is 6.04 Å². The summed E-state index contributed by atoms with van der Waals surface area (Å²) >= 11 is 0. The predicted molar refractivity (Wildman–Crippen MR) is 95.2 cm³/mol. The lowest BCUT2D eigenvalue weighted by Crippen LogP contribution is -2.43. The van der Waals surface area contributed by atoms with E-state index in [1.807, 2.05) is 6.07 Å². The highest BCUT2D eigenvalue weighted by molar-refractivity contribution is 7.89. The summed E-state index contributed by atoms with van der Waals surface area (Å²) in [5.41, 5.74) is 2.81. The van der Waals surface area contributed by atoms with Gasteiger partial charge in [0.2, 0.25) is 10.0 Å². The molecule has 2 unspecified atom stereocenters. The molecule has 0 spiro atoms. The average Bonchev–Trinajstić information content (AvgIpc) is 2.89. The summed E-state index contributed by atoms with van der Waals surface area (Å²) in [6, 6.07) is 17.5. The fraction of sp³-hybridized carbons (Fsp3) is 0.400. The Hall–Kier alpha value is -1.65. The Balaban J connectivity index is 1.68. The van der Waals surface area contributed by atoms with Crippen molar-refractivity contribution in [2.75, 3.05) is 7.05 Å². The van der Waals surface area contributed by atoms with Crippen LogP contribution < -0.4 is 0 Å². The van der Waals surface area contributed by atoms with Gasteiger partial charge in [0.05, 0.1) is 4.90 Å². The van der Waals surface area contributed by atoms with Crippen molar-refractivity contribution in [2.24, 2.45) is 11.8 Å². The molecule has 2 aliphatic carbocycles. The molecule has 3 nitrogen and oxygen atoms in total. The van der Waals surface area contributed by atoms with Gasteiger partial charge in [-0.2, -0.15) is 4.31 Å². The van der Waals surface area contributed by atoms with Crippen LogP contribution in [-0.2, 0) is 22.9 Å². The second-order valence-corrected chi connectivity index (χ2v) is 9.10. The first-order chi connectivity index (χ1) is 11.6. The van der Waals surface area contributed by atoms with E-state index in [2.05, 4.69) is 24.3 Å². The lowest BCUT2D eigenvalue weighted by molar-refractivity contribution is 0.251. The molecule has 0 saturated heterocycles. The summed E-state index contributed by atoms with van der Waals surface area (Å²) in [4.78, 5) is 0.397. The Bertz CT molecular complexity index is 799. The maximum atomic E-state index is 13.1. The molecule has 0 radical (unpaired) electrons. The van der Waals surface area contributed by atoms with Crippen molar-refractivity contribution >= 4 is 10.0 Å². The van der Waals surface area contributed by atoms with Crippen LogP contribution in [-0.4, -0.2) is 25.8 Å². The van der Waals surface area contributed by atoms with E-state index in [1.165, 1.54) is 11.1 Å². The van der Waals surface area contributed by atoms with Crippen LogP contribution in [0, 0.1) is 11.8 Å². The molecular formula is C20H23NO2S. The van der Waals surface area contributed by atoms with Crippen LogP contribution in [0.1, 0.15) is 24.0 Å². The topological polar surface area (TPSA) is 37.4 Å². The van der Waals surface area contributed by atoms with Crippen LogP contribution in [0.15, 0.2) is 59.5 Å². The first kappa shape index (κ1) is 15.9. The maximum absolute atomic E-state index is 13.1. The van der Waals surface area contributed by atoms with Crippen molar-refractivity contribution in [1.82, 2.24) is 4.31 Å². The molecule has 2 aromatic rings. The highest BCUT2D eigenvalue weighted by Crippen LogP contribution is 2.43. The molecule has 0 heterocycles. The van der Waals surface area contributed by atoms with Gasteiger partial charge >= 0.3 is 0 Å². The second kappa shape index (κ2) is 6.01. The molecule has 2 aliphatic rings. The number of hydrogen-bond acceptors (Lipinski definition) is 2. The third-order valence-corrected chi connectivity index (χ3v) is 7.67. The van der Waals surface area contributed by atoms with Crippen molar-refractivity contribution in [3.8, 4) is 0 Å². The van der Waals surface area contributed by atoms with Crippen molar-refractivity contribution in [1.29, 1.82) is 0 Å². The lowest BCUT2D eigenvalue weighted by atomic mass is 9.94. The highest BCUT2D eigenvalue weighted by Gasteiger charge is 2.44. The van der Waals surface area contributed by atoms with E-state index in [4.69, 9.17) is 0 Å². The second-order valence-electron chi connectivity index (χ2n) is 7.10. The van der Waals surface area contributed by atoms with E-state index >= 15 is 0 Å². The van der Waals surface area contributed by atoms with Gasteiger partial charge in [0, 0.05) is 13.1 Å². The molecule has 0 N–H and O–H groups in total. The van der Waals surface area contributed by atoms with Gasteiger partial charge in [-0.3, -0.25) is 0 Å². The van der Waals surface area contributed by atoms with Crippen molar-refractivity contribution in [3.05, 3.63) is 65.7 Å². The quantitative estimate of drug-likeness (QED) is 0.857. The van der Waals surface area contributed by atoms with E-state index < -0.39 is 10.0 Å². The molecule has 0 aromatic heterocycles. The number of rotatable bonds is 3. The molecule has 0 aliphatic heterocycles. The van der Waals surface area contributed by atoms with Gasteiger partial charge < -0.3 is 0 Å². The Kier molecular flexibility index (Phi) is 3.97. The standard InChI is InChI=1S/C20H23NO2S/c1-21(24(22,23)19-9-3-2-4-10-19)20-17-11-12-18(20)14-16-8-6-5-7-15(16)13-17/h2-10,17-18,20H,11-14H2,1H3. The Labute approximate surface area is 144 Å². The van der Waals surface area contributed by atoms with Crippen molar-refractivity contribution in [2.45, 2.75) is 36.6 Å². The maximum Gasteiger partial charge on any atom is 0.243 e. The smallest absolute Gasteiger partial charge is 0.207 e. The molecule has 0 amide bonds. The summed E-state index contributed by atoms with van der Waals surface area (Å²) in [5.74, 6) is 0.837. The zero-order valence-corrected chi connectivity index (χ0v) is 14.7. The average molecular weight is 341 g/mol. The molecule has 4 heteroatoms. The first-order valence-electron chi connectivity index (χ1n) is 8.67. The van der Waals surface area contributed by atoms with E-state index in [0.717, 1.165) is 25.7 Å². The van der Waals surface area contributed by atoms with Crippen LogP contribution in [0.5, 0.6) is 0 Å².